The smallest absolute Gasteiger partial charge is 0.309 e. The van der Waals surface area contributed by atoms with Crippen molar-refractivity contribution in [2.45, 2.75) is 6.42 Å². The van der Waals surface area contributed by atoms with Gasteiger partial charge in [0.05, 0.1) is 12.1 Å². The highest BCUT2D eigenvalue weighted by atomic mass is 19.1. The summed E-state index contributed by atoms with van der Waals surface area (Å²) in [6.45, 7) is 0. The Labute approximate surface area is 97.6 Å². The van der Waals surface area contributed by atoms with Crippen LogP contribution in [0.5, 0.6) is 0 Å². The second kappa shape index (κ2) is 4.74. The standard InChI is InChI=1S/C13H10FNO2/c14-12-6-10(7-13(16)17)15-8-11(12)9-4-2-1-3-5-9/h1-6,8H,7H2,(H,16,17). The number of pyridine rings is 1. The lowest BCUT2D eigenvalue weighted by Crippen LogP contribution is -2.03. The van der Waals surface area contributed by atoms with Gasteiger partial charge in [-0.3, -0.25) is 9.78 Å². The molecule has 0 radical (unpaired) electrons. The fourth-order valence-corrected chi connectivity index (χ4v) is 1.55. The number of aromatic nitrogens is 1. The molecule has 1 aromatic carbocycles. The first-order valence-corrected chi connectivity index (χ1v) is 5.08. The largest absolute Gasteiger partial charge is 0.481 e. The first-order valence-electron chi connectivity index (χ1n) is 5.08. The van der Waals surface area contributed by atoms with Crippen molar-refractivity contribution >= 4 is 5.97 Å². The Morgan fingerprint density at radius 2 is 2.00 bits per heavy atom. The molecule has 0 atom stereocenters. The lowest BCUT2D eigenvalue weighted by molar-refractivity contribution is -0.136. The van der Waals surface area contributed by atoms with Crippen LogP contribution in [0.1, 0.15) is 5.69 Å². The van der Waals surface area contributed by atoms with E-state index in [-0.39, 0.29) is 12.1 Å². The Hall–Kier alpha value is -2.23. The van der Waals surface area contributed by atoms with E-state index < -0.39 is 11.8 Å². The fraction of sp³-hybridized carbons (Fsp3) is 0.0769. The number of carbonyl (C=O) groups is 1. The van der Waals surface area contributed by atoms with Gasteiger partial charge in [0.15, 0.2) is 0 Å². The molecule has 1 aromatic heterocycles. The minimum absolute atomic E-state index is 0.217. The number of carboxylic acid groups (broad SMARTS) is 1. The molecule has 0 unspecified atom stereocenters. The summed E-state index contributed by atoms with van der Waals surface area (Å²) in [7, 11) is 0. The normalized spacial score (nSPS) is 10.2. The van der Waals surface area contributed by atoms with Crippen LogP contribution in [-0.2, 0) is 11.2 Å². The molecule has 0 amide bonds. The van der Waals surface area contributed by atoms with E-state index in [1.807, 2.05) is 6.07 Å². The molecule has 17 heavy (non-hydrogen) atoms. The number of rotatable bonds is 3. The number of halogens is 1. The average Bonchev–Trinajstić information content (AvgIpc) is 2.29. The summed E-state index contributed by atoms with van der Waals surface area (Å²) in [4.78, 5) is 14.4. The van der Waals surface area contributed by atoms with Crippen molar-refractivity contribution in [3.63, 3.8) is 0 Å². The fourth-order valence-electron chi connectivity index (χ4n) is 1.55. The first-order chi connectivity index (χ1) is 8.16. The molecule has 1 N–H and O–H groups in total. The maximum absolute atomic E-state index is 13.8. The molecule has 2 rings (SSSR count). The minimum Gasteiger partial charge on any atom is -0.481 e. The van der Waals surface area contributed by atoms with Crippen molar-refractivity contribution < 1.29 is 14.3 Å². The van der Waals surface area contributed by atoms with Gasteiger partial charge in [-0.2, -0.15) is 0 Å². The van der Waals surface area contributed by atoms with Crippen molar-refractivity contribution in [2.75, 3.05) is 0 Å². The van der Waals surface area contributed by atoms with Gasteiger partial charge in [-0.15, -0.1) is 0 Å². The summed E-state index contributed by atoms with van der Waals surface area (Å²) in [6.07, 6.45) is 1.09. The third-order valence-corrected chi connectivity index (χ3v) is 2.33. The average molecular weight is 231 g/mol. The van der Waals surface area contributed by atoms with Crippen molar-refractivity contribution in [3.05, 3.63) is 54.1 Å². The van der Waals surface area contributed by atoms with Gasteiger partial charge in [0.1, 0.15) is 5.82 Å². The van der Waals surface area contributed by atoms with Gasteiger partial charge < -0.3 is 5.11 Å². The van der Waals surface area contributed by atoms with Gasteiger partial charge in [0, 0.05) is 11.8 Å². The van der Waals surface area contributed by atoms with Crippen molar-refractivity contribution in [3.8, 4) is 11.1 Å². The summed E-state index contributed by atoms with van der Waals surface area (Å²) in [5, 5.41) is 8.58. The molecule has 0 aliphatic rings. The van der Waals surface area contributed by atoms with Gasteiger partial charge in [-0.25, -0.2) is 4.39 Å². The Kier molecular flexibility index (Phi) is 3.14. The molecule has 2 aromatic rings. The Bertz CT molecular complexity index is 540. The van der Waals surface area contributed by atoms with E-state index in [1.54, 1.807) is 24.3 Å². The van der Waals surface area contributed by atoms with Crippen LogP contribution in [0.15, 0.2) is 42.6 Å². The predicted octanol–water partition coefficient (Wildman–Crippen LogP) is 2.51. The second-order valence-corrected chi connectivity index (χ2v) is 3.59. The number of hydrogen-bond acceptors (Lipinski definition) is 2. The summed E-state index contributed by atoms with van der Waals surface area (Å²) < 4.78 is 13.8. The van der Waals surface area contributed by atoms with Crippen LogP contribution < -0.4 is 0 Å². The highest BCUT2D eigenvalue weighted by molar-refractivity contribution is 5.70. The summed E-state index contributed by atoms with van der Waals surface area (Å²) >= 11 is 0. The van der Waals surface area contributed by atoms with E-state index in [2.05, 4.69) is 4.98 Å². The molecule has 0 spiro atoms. The Morgan fingerprint density at radius 1 is 1.29 bits per heavy atom. The molecule has 0 saturated carbocycles. The lowest BCUT2D eigenvalue weighted by Gasteiger charge is -2.04. The molecule has 3 nitrogen and oxygen atoms in total. The van der Waals surface area contributed by atoms with E-state index in [0.717, 1.165) is 11.6 Å². The molecule has 0 bridgehead atoms. The van der Waals surface area contributed by atoms with E-state index in [4.69, 9.17) is 5.11 Å². The molecule has 86 valence electrons. The van der Waals surface area contributed by atoms with E-state index in [9.17, 15) is 9.18 Å². The maximum atomic E-state index is 13.8. The zero-order chi connectivity index (χ0) is 12.3. The van der Waals surface area contributed by atoms with Gasteiger partial charge in [0.25, 0.3) is 0 Å². The highest BCUT2D eigenvalue weighted by Gasteiger charge is 2.08. The highest BCUT2D eigenvalue weighted by Crippen LogP contribution is 2.21. The zero-order valence-corrected chi connectivity index (χ0v) is 8.93. The molecule has 0 saturated heterocycles. The second-order valence-electron chi connectivity index (χ2n) is 3.59. The lowest BCUT2D eigenvalue weighted by atomic mass is 10.1. The molecule has 4 heteroatoms. The van der Waals surface area contributed by atoms with E-state index >= 15 is 0 Å². The van der Waals surface area contributed by atoms with Crippen LogP contribution in [0.4, 0.5) is 4.39 Å². The van der Waals surface area contributed by atoms with Crippen molar-refractivity contribution in [1.29, 1.82) is 0 Å². The third kappa shape index (κ3) is 2.66. The molecule has 0 aliphatic carbocycles. The number of carboxylic acids is 1. The number of aliphatic carboxylic acids is 1. The number of hydrogen-bond donors (Lipinski definition) is 1. The van der Waals surface area contributed by atoms with E-state index in [1.165, 1.54) is 6.20 Å². The summed E-state index contributed by atoms with van der Waals surface area (Å²) in [6, 6.07) is 10.2. The van der Waals surface area contributed by atoms with Crippen molar-refractivity contribution in [2.24, 2.45) is 0 Å². The SMILES string of the molecule is O=C(O)Cc1cc(F)c(-c2ccccc2)cn1. The van der Waals surface area contributed by atoms with Gasteiger partial charge in [-0.05, 0) is 11.6 Å². The minimum atomic E-state index is -1.02. The van der Waals surface area contributed by atoms with Gasteiger partial charge in [0.2, 0.25) is 0 Å². The topological polar surface area (TPSA) is 50.2 Å². The van der Waals surface area contributed by atoms with Crippen molar-refractivity contribution in [1.82, 2.24) is 4.98 Å². The van der Waals surface area contributed by atoms with Crippen LogP contribution in [0, 0.1) is 5.82 Å². The molecular weight excluding hydrogens is 221 g/mol. The maximum Gasteiger partial charge on any atom is 0.309 e. The van der Waals surface area contributed by atoms with Gasteiger partial charge in [-0.1, -0.05) is 30.3 Å². The van der Waals surface area contributed by atoms with Crippen LogP contribution in [0.3, 0.4) is 0 Å². The Balaban J connectivity index is 2.35. The van der Waals surface area contributed by atoms with E-state index in [0.29, 0.717) is 5.56 Å². The van der Waals surface area contributed by atoms with Crippen LogP contribution in [-0.4, -0.2) is 16.1 Å². The monoisotopic (exact) mass is 231 g/mol. The zero-order valence-electron chi connectivity index (χ0n) is 8.93. The summed E-state index contributed by atoms with van der Waals surface area (Å²) in [5.74, 6) is -1.48. The van der Waals surface area contributed by atoms with Gasteiger partial charge >= 0.3 is 5.97 Å². The number of benzene rings is 1. The summed E-state index contributed by atoms with van der Waals surface area (Å²) in [5.41, 5.74) is 1.31. The third-order valence-electron chi connectivity index (χ3n) is 2.33. The predicted molar refractivity (Wildman–Crippen MR) is 61.0 cm³/mol. The first kappa shape index (κ1) is 11.3. The molecule has 0 fully saturated rings. The van der Waals surface area contributed by atoms with Crippen LogP contribution >= 0.6 is 0 Å². The molecule has 1 heterocycles. The van der Waals surface area contributed by atoms with Crippen LogP contribution in [0.2, 0.25) is 0 Å². The molecular formula is C13H10FNO2. The number of nitrogens with zero attached hydrogens (tertiary/aromatic N) is 1. The quantitative estimate of drug-likeness (QED) is 0.883. The van der Waals surface area contributed by atoms with Crippen LogP contribution in [0.25, 0.3) is 11.1 Å². The molecule has 0 aliphatic heterocycles. The Morgan fingerprint density at radius 3 is 2.59 bits per heavy atom.